The van der Waals surface area contributed by atoms with Crippen LogP contribution in [0.3, 0.4) is 0 Å². The van der Waals surface area contributed by atoms with Gasteiger partial charge in [-0.3, -0.25) is 9.59 Å². The number of aryl methyl sites for hydroxylation is 4. The van der Waals surface area contributed by atoms with Crippen LogP contribution in [0.1, 0.15) is 45.5 Å². The minimum atomic E-state index is -0.133. The molecule has 0 spiro atoms. The zero-order valence-electron chi connectivity index (χ0n) is 16.0. The van der Waals surface area contributed by atoms with Gasteiger partial charge >= 0.3 is 0 Å². The molecule has 1 N–H and O–H groups in total. The van der Waals surface area contributed by atoms with Crippen LogP contribution in [-0.4, -0.2) is 24.8 Å². The molecule has 4 heteroatoms. The SMILES string of the molecule is Cc1cc(C)cc(OCCNC(=O)CCC(=O)c2ccc(C)c(C)c2)c1. The second-order valence-electron chi connectivity index (χ2n) is 6.74. The van der Waals surface area contributed by atoms with Gasteiger partial charge in [0.15, 0.2) is 5.78 Å². The number of Topliss-reactive ketones (excluding diaryl/α,β-unsaturated/α-hetero) is 1. The van der Waals surface area contributed by atoms with Gasteiger partial charge in [0.2, 0.25) is 5.91 Å². The number of carbonyl (C=O) groups is 2. The molecule has 0 aliphatic carbocycles. The highest BCUT2D eigenvalue weighted by molar-refractivity contribution is 5.98. The zero-order valence-corrected chi connectivity index (χ0v) is 16.0. The third-order valence-electron chi connectivity index (χ3n) is 4.30. The van der Waals surface area contributed by atoms with E-state index in [1.807, 2.05) is 58.0 Å². The van der Waals surface area contributed by atoms with Gasteiger partial charge in [-0.15, -0.1) is 0 Å². The Morgan fingerprint density at radius 2 is 1.58 bits per heavy atom. The molecule has 0 atom stereocenters. The lowest BCUT2D eigenvalue weighted by Crippen LogP contribution is -2.28. The Morgan fingerprint density at radius 1 is 0.885 bits per heavy atom. The summed E-state index contributed by atoms with van der Waals surface area (Å²) < 4.78 is 5.66. The third kappa shape index (κ3) is 6.03. The predicted molar refractivity (Wildman–Crippen MR) is 104 cm³/mol. The molecule has 2 aromatic rings. The maximum absolute atomic E-state index is 12.2. The van der Waals surface area contributed by atoms with Gasteiger partial charge in [-0.2, -0.15) is 0 Å². The maximum atomic E-state index is 12.2. The summed E-state index contributed by atoms with van der Waals surface area (Å²) in [5.74, 6) is 0.669. The van der Waals surface area contributed by atoms with E-state index in [4.69, 9.17) is 4.74 Å². The molecule has 0 aliphatic heterocycles. The van der Waals surface area contributed by atoms with Gasteiger partial charge in [-0.05, 0) is 68.1 Å². The molecule has 2 rings (SSSR count). The zero-order chi connectivity index (χ0) is 19.1. The van der Waals surface area contributed by atoms with E-state index in [2.05, 4.69) is 11.4 Å². The lowest BCUT2D eigenvalue weighted by atomic mass is 10.0. The number of hydrogen-bond acceptors (Lipinski definition) is 3. The van der Waals surface area contributed by atoms with Crippen molar-refractivity contribution in [3.63, 3.8) is 0 Å². The fourth-order valence-electron chi connectivity index (χ4n) is 2.75. The normalized spacial score (nSPS) is 10.5. The summed E-state index contributed by atoms with van der Waals surface area (Å²) in [5, 5.41) is 2.79. The number of amides is 1. The first-order valence-electron chi connectivity index (χ1n) is 8.93. The number of nitrogens with one attached hydrogen (secondary N) is 1. The lowest BCUT2D eigenvalue weighted by Gasteiger charge is -2.09. The number of benzene rings is 2. The standard InChI is InChI=1S/C22H27NO3/c1-15-11-16(2)13-20(12-15)26-10-9-23-22(25)8-7-21(24)19-6-5-17(3)18(4)14-19/h5-6,11-14H,7-10H2,1-4H3,(H,23,25). The Morgan fingerprint density at radius 3 is 2.23 bits per heavy atom. The maximum Gasteiger partial charge on any atom is 0.220 e. The van der Waals surface area contributed by atoms with Crippen LogP contribution in [0.4, 0.5) is 0 Å². The summed E-state index contributed by atoms with van der Waals surface area (Å²) in [6, 6.07) is 11.7. The largest absolute Gasteiger partial charge is 0.492 e. The Hall–Kier alpha value is -2.62. The lowest BCUT2D eigenvalue weighted by molar-refractivity contribution is -0.121. The Kier molecular flexibility index (Phi) is 6.96. The first-order chi connectivity index (χ1) is 12.3. The van der Waals surface area contributed by atoms with Crippen LogP contribution in [0.2, 0.25) is 0 Å². The molecule has 0 saturated carbocycles. The second kappa shape index (κ2) is 9.18. The summed E-state index contributed by atoms with van der Waals surface area (Å²) in [5.41, 5.74) is 5.20. The average molecular weight is 353 g/mol. The Balaban J connectivity index is 1.70. The highest BCUT2D eigenvalue weighted by Gasteiger charge is 2.10. The van der Waals surface area contributed by atoms with Gasteiger partial charge in [-0.25, -0.2) is 0 Å². The van der Waals surface area contributed by atoms with Gasteiger partial charge in [0, 0.05) is 18.4 Å². The van der Waals surface area contributed by atoms with Gasteiger partial charge in [-0.1, -0.05) is 18.2 Å². The van der Waals surface area contributed by atoms with Crippen LogP contribution < -0.4 is 10.1 Å². The fraction of sp³-hybridized carbons (Fsp3) is 0.364. The van der Waals surface area contributed by atoms with E-state index in [-0.39, 0.29) is 24.5 Å². The fourth-order valence-corrected chi connectivity index (χ4v) is 2.75. The number of ketones is 1. The van der Waals surface area contributed by atoms with Crippen LogP contribution in [0.25, 0.3) is 0 Å². The van der Waals surface area contributed by atoms with E-state index in [0.717, 1.165) is 28.0 Å². The van der Waals surface area contributed by atoms with Crippen LogP contribution in [0.5, 0.6) is 5.75 Å². The molecular weight excluding hydrogens is 326 g/mol. The number of ether oxygens (including phenoxy) is 1. The minimum absolute atomic E-state index is 0.00487. The molecule has 0 aliphatic rings. The van der Waals surface area contributed by atoms with Crippen molar-refractivity contribution in [3.8, 4) is 5.75 Å². The molecule has 4 nitrogen and oxygen atoms in total. The average Bonchev–Trinajstić information content (AvgIpc) is 2.58. The summed E-state index contributed by atoms with van der Waals surface area (Å²) in [6.45, 7) is 8.86. The molecule has 0 aromatic heterocycles. The molecule has 0 radical (unpaired) electrons. The molecule has 0 unspecified atom stereocenters. The van der Waals surface area contributed by atoms with Crippen molar-refractivity contribution in [2.45, 2.75) is 40.5 Å². The van der Waals surface area contributed by atoms with E-state index in [1.54, 1.807) is 0 Å². The quantitative estimate of drug-likeness (QED) is 0.575. The molecule has 0 heterocycles. The number of carbonyl (C=O) groups excluding carboxylic acids is 2. The van der Waals surface area contributed by atoms with E-state index in [0.29, 0.717) is 18.7 Å². The minimum Gasteiger partial charge on any atom is -0.492 e. The second-order valence-corrected chi connectivity index (χ2v) is 6.74. The molecule has 0 saturated heterocycles. The molecule has 1 amide bonds. The topological polar surface area (TPSA) is 55.4 Å². The summed E-state index contributed by atoms with van der Waals surface area (Å²) in [7, 11) is 0. The van der Waals surface area contributed by atoms with Crippen LogP contribution in [0, 0.1) is 27.7 Å². The van der Waals surface area contributed by atoms with E-state index in [1.165, 1.54) is 0 Å². The summed E-state index contributed by atoms with van der Waals surface area (Å²) in [4.78, 5) is 24.1. The Bertz CT molecular complexity index is 776. The van der Waals surface area contributed by atoms with E-state index < -0.39 is 0 Å². The molecule has 138 valence electrons. The van der Waals surface area contributed by atoms with Crippen LogP contribution in [0.15, 0.2) is 36.4 Å². The molecular formula is C22H27NO3. The van der Waals surface area contributed by atoms with Gasteiger partial charge < -0.3 is 10.1 Å². The van der Waals surface area contributed by atoms with Crippen LogP contribution in [-0.2, 0) is 4.79 Å². The van der Waals surface area contributed by atoms with Crippen molar-refractivity contribution in [3.05, 3.63) is 64.2 Å². The summed E-state index contributed by atoms with van der Waals surface area (Å²) in [6.07, 6.45) is 0.404. The van der Waals surface area contributed by atoms with E-state index >= 15 is 0 Å². The van der Waals surface area contributed by atoms with Crippen molar-refractivity contribution >= 4 is 11.7 Å². The molecule has 2 aromatic carbocycles. The highest BCUT2D eigenvalue weighted by atomic mass is 16.5. The molecule has 26 heavy (non-hydrogen) atoms. The van der Waals surface area contributed by atoms with Crippen molar-refractivity contribution in [2.24, 2.45) is 0 Å². The predicted octanol–water partition coefficient (Wildman–Crippen LogP) is 4.08. The monoisotopic (exact) mass is 353 g/mol. The number of hydrogen-bond donors (Lipinski definition) is 1. The first kappa shape index (κ1) is 19.7. The van der Waals surface area contributed by atoms with Gasteiger partial charge in [0.25, 0.3) is 0 Å². The highest BCUT2D eigenvalue weighted by Crippen LogP contribution is 2.16. The van der Waals surface area contributed by atoms with Crippen molar-refractivity contribution < 1.29 is 14.3 Å². The first-order valence-corrected chi connectivity index (χ1v) is 8.93. The molecule has 0 bridgehead atoms. The summed E-state index contributed by atoms with van der Waals surface area (Å²) >= 11 is 0. The number of rotatable bonds is 8. The van der Waals surface area contributed by atoms with Crippen molar-refractivity contribution in [1.29, 1.82) is 0 Å². The van der Waals surface area contributed by atoms with Crippen LogP contribution >= 0.6 is 0 Å². The smallest absolute Gasteiger partial charge is 0.220 e. The van der Waals surface area contributed by atoms with Crippen molar-refractivity contribution in [1.82, 2.24) is 5.32 Å². The molecule has 0 fully saturated rings. The van der Waals surface area contributed by atoms with Gasteiger partial charge in [0.1, 0.15) is 12.4 Å². The van der Waals surface area contributed by atoms with Gasteiger partial charge in [0.05, 0.1) is 6.54 Å². The Labute approximate surface area is 155 Å². The van der Waals surface area contributed by atoms with Crippen molar-refractivity contribution in [2.75, 3.05) is 13.2 Å². The third-order valence-corrected chi connectivity index (χ3v) is 4.30. The van der Waals surface area contributed by atoms with E-state index in [9.17, 15) is 9.59 Å².